The Morgan fingerprint density at radius 3 is 2.70 bits per heavy atom. The third kappa shape index (κ3) is 3.02. The zero-order valence-corrected chi connectivity index (χ0v) is 13.4. The summed E-state index contributed by atoms with van der Waals surface area (Å²) in [6, 6.07) is 5.54. The molecule has 20 heavy (non-hydrogen) atoms. The second kappa shape index (κ2) is 5.93. The predicted octanol–water partition coefficient (Wildman–Crippen LogP) is 3.97. The number of fused-ring (bicyclic) bond motifs is 1. The molecule has 0 radical (unpaired) electrons. The summed E-state index contributed by atoms with van der Waals surface area (Å²) in [5.41, 5.74) is 0. The molecule has 1 aromatic carbocycles. The van der Waals surface area contributed by atoms with Gasteiger partial charge in [-0.3, -0.25) is 9.59 Å². The highest BCUT2D eigenvalue weighted by molar-refractivity contribution is 9.10. The summed E-state index contributed by atoms with van der Waals surface area (Å²) in [5.74, 6) is -1.07. The number of methoxy groups -OCH3 is 1. The van der Waals surface area contributed by atoms with Crippen LogP contribution in [0.5, 0.6) is 5.75 Å². The number of carboxylic acid groups (broad SMARTS) is 1. The van der Waals surface area contributed by atoms with Crippen molar-refractivity contribution in [1.29, 1.82) is 0 Å². The number of hydrogen-bond acceptors (Lipinski definition) is 4. The SMILES string of the molecule is COc1cc2cc(C(=O)CC(C)C(=O)O)sc2cc1Br. The lowest BCUT2D eigenvalue weighted by Gasteiger charge is -2.02. The fourth-order valence-corrected chi connectivity index (χ4v) is 3.49. The van der Waals surface area contributed by atoms with Gasteiger partial charge in [0.15, 0.2) is 5.78 Å². The predicted molar refractivity (Wildman–Crippen MR) is 81.8 cm³/mol. The van der Waals surface area contributed by atoms with Gasteiger partial charge in [-0.1, -0.05) is 6.92 Å². The molecule has 0 saturated heterocycles. The molecule has 1 heterocycles. The molecule has 0 aliphatic carbocycles. The standard InChI is InChI=1S/C14H13BrO4S/c1-7(14(17)18)3-10(16)13-5-8-4-11(19-2)9(15)6-12(8)20-13/h4-7H,3H2,1-2H3,(H,17,18). The summed E-state index contributed by atoms with van der Waals surface area (Å²) in [7, 11) is 1.58. The van der Waals surface area contributed by atoms with Crippen LogP contribution in [0.3, 0.4) is 0 Å². The number of aliphatic carboxylic acids is 1. The third-order valence-electron chi connectivity index (χ3n) is 2.98. The molecule has 106 valence electrons. The smallest absolute Gasteiger partial charge is 0.306 e. The van der Waals surface area contributed by atoms with Gasteiger partial charge in [0.1, 0.15) is 5.75 Å². The van der Waals surface area contributed by atoms with Gasteiger partial charge in [0.05, 0.1) is 22.4 Å². The number of thiophene rings is 1. The first-order chi connectivity index (χ1) is 9.42. The largest absolute Gasteiger partial charge is 0.496 e. The summed E-state index contributed by atoms with van der Waals surface area (Å²) < 4.78 is 7.00. The van der Waals surface area contributed by atoms with Crippen LogP contribution in [0.25, 0.3) is 10.1 Å². The summed E-state index contributed by atoms with van der Waals surface area (Å²) in [5, 5.41) is 9.77. The zero-order valence-electron chi connectivity index (χ0n) is 11.0. The number of hydrogen-bond donors (Lipinski definition) is 1. The minimum Gasteiger partial charge on any atom is -0.496 e. The normalized spacial score (nSPS) is 12.3. The van der Waals surface area contributed by atoms with Gasteiger partial charge in [-0.05, 0) is 39.5 Å². The molecule has 0 saturated carbocycles. The van der Waals surface area contributed by atoms with E-state index in [2.05, 4.69) is 15.9 Å². The molecule has 0 fully saturated rings. The first-order valence-corrected chi connectivity index (χ1v) is 7.56. The molecule has 2 aromatic rings. The highest BCUT2D eigenvalue weighted by Crippen LogP contribution is 2.35. The number of benzene rings is 1. The van der Waals surface area contributed by atoms with Crippen molar-refractivity contribution in [3.8, 4) is 5.75 Å². The van der Waals surface area contributed by atoms with Crippen LogP contribution in [-0.4, -0.2) is 24.0 Å². The molecule has 0 aliphatic rings. The van der Waals surface area contributed by atoms with Gasteiger partial charge < -0.3 is 9.84 Å². The van der Waals surface area contributed by atoms with Crippen LogP contribution in [-0.2, 0) is 4.79 Å². The highest BCUT2D eigenvalue weighted by Gasteiger charge is 2.19. The lowest BCUT2D eigenvalue weighted by atomic mass is 10.0. The molecule has 0 aliphatic heterocycles. The van der Waals surface area contributed by atoms with Crippen molar-refractivity contribution in [2.45, 2.75) is 13.3 Å². The summed E-state index contributed by atoms with van der Waals surface area (Å²) in [6.45, 7) is 1.53. The Balaban J connectivity index is 2.32. The first kappa shape index (κ1) is 15.0. The average molecular weight is 357 g/mol. The van der Waals surface area contributed by atoms with E-state index < -0.39 is 11.9 Å². The second-order valence-electron chi connectivity index (χ2n) is 4.50. The zero-order chi connectivity index (χ0) is 14.9. The Morgan fingerprint density at radius 1 is 1.40 bits per heavy atom. The summed E-state index contributed by atoms with van der Waals surface area (Å²) >= 11 is 4.77. The van der Waals surface area contributed by atoms with Gasteiger partial charge in [0.25, 0.3) is 0 Å². The topological polar surface area (TPSA) is 63.6 Å². The lowest BCUT2D eigenvalue weighted by molar-refractivity contribution is -0.141. The van der Waals surface area contributed by atoms with Crippen molar-refractivity contribution >= 4 is 49.1 Å². The number of halogens is 1. The Labute approximate surface area is 128 Å². The maximum atomic E-state index is 12.1. The van der Waals surface area contributed by atoms with Crippen LogP contribution < -0.4 is 4.74 Å². The minimum absolute atomic E-state index is 0.0143. The summed E-state index contributed by atoms with van der Waals surface area (Å²) in [4.78, 5) is 23.4. The Kier molecular flexibility index (Phi) is 4.45. The van der Waals surface area contributed by atoms with E-state index >= 15 is 0 Å². The van der Waals surface area contributed by atoms with Crippen LogP contribution in [0.2, 0.25) is 0 Å². The number of ether oxygens (including phenoxy) is 1. The molecule has 1 N–H and O–H groups in total. The number of rotatable bonds is 5. The van der Waals surface area contributed by atoms with E-state index in [0.29, 0.717) is 10.6 Å². The average Bonchev–Trinajstić information content (AvgIpc) is 2.80. The monoisotopic (exact) mass is 356 g/mol. The number of carbonyl (C=O) groups is 2. The van der Waals surface area contributed by atoms with Crippen molar-refractivity contribution in [2.75, 3.05) is 7.11 Å². The fourth-order valence-electron chi connectivity index (χ4n) is 1.80. The number of Topliss-reactive ketones (excluding diaryl/α,β-unsaturated/α-hetero) is 1. The Hall–Kier alpha value is -1.40. The van der Waals surface area contributed by atoms with E-state index in [0.717, 1.165) is 14.6 Å². The molecular formula is C14H13BrO4S. The number of carbonyl (C=O) groups excluding carboxylic acids is 1. The lowest BCUT2D eigenvalue weighted by Crippen LogP contribution is -2.13. The number of carboxylic acids is 1. The molecule has 1 unspecified atom stereocenters. The highest BCUT2D eigenvalue weighted by atomic mass is 79.9. The molecule has 1 atom stereocenters. The van der Waals surface area contributed by atoms with Crippen LogP contribution >= 0.6 is 27.3 Å². The van der Waals surface area contributed by atoms with E-state index in [1.807, 2.05) is 12.1 Å². The molecule has 2 rings (SSSR count). The summed E-state index contributed by atoms with van der Waals surface area (Å²) in [6.07, 6.45) is 0.0143. The van der Waals surface area contributed by atoms with E-state index in [-0.39, 0.29) is 12.2 Å². The van der Waals surface area contributed by atoms with Gasteiger partial charge in [0.2, 0.25) is 0 Å². The molecule has 0 bridgehead atoms. The van der Waals surface area contributed by atoms with Crippen molar-refractivity contribution < 1.29 is 19.4 Å². The second-order valence-corrected chi connectivity index (χ2v) is 6.44. The van der Waals surface area contributed by atoms with E-state index in [4.69, 9.17) is 9.84 Å². The molecular weight excluding hydrogens is 344 g/mol. The van der Waals surface area contributed by atoms with E-state index in [9.17, 15) is 9.59 Å². The van der Waals surface area contributed by atoms with Gasteiger partial charge in [-0.25, -0.2) is 0 Å². The van der Waals surface area contributed by atoms with Crippen molar-refractivity contribution in [3.05, 3.63) is 27.5 Å². The maximum Gasteiger partial charge on any atom is 0.306 e. The Morgan fingerprint density at radius 2 is 2.10 bits per heavy atom. The van der Waals surface area contributed by atoms with E-state index in [1.54, 1.807) is 13.2 Å². The number of ketones is 1. The minimum atomic E-state index is -0.955. The third-order valence-corrected chi connectivity index (χ3v) is 4.74. The van der Waals surface area contributed by atoms with Crippen LogP contribution in [0.1, 0.15) is 23.0 Å². The Bertz CT molecular complexity index is 677. The van der Waals surface area contributed by atoms with Crippen LogP contribution in [0.15, 0.2) is 22.7 Å². The van der Waals surface area contributed by atoms with Gasteiger partial charge in [-0.15, -0.1) is 11.3 Å². The quantitative estimate of drug-likeness (QED) is 0.823. The van der Waals surface area contributed by atoms with Gasteiger partial charge >= 0.3 is 5.97 Å². The van der Waals surface area contributed by atoms with Crippen LogP contribution in [0, 0.1) is 5.92 Å². The van der Waals surface area contributed by atoms with Crippen LogP contribution in [0.4, 0.5) is 0 Å². The molecule has 6 heteroatoms. The molecule has 1 aromatic heterocycles. The maximum absolute atomic E-state index is 12.1. The van der Waals surface area contributed by atoms with Crippen molar-refractivity contribution in [1.82, 2.24) is 0 Å². The van der Waals surface area contributed by atoms with Crippen molar-refractivity contribution in [3.63, 3.8) is 0 Å². The molecule has 0 spiro atoms. The molecule has 4 nitrogen and oxygen atoms in total. The fraction of sp³-hybridized carbons (Fsp3) is 0.286. The van der Waals surface area contributed by atoms with Gasteiger partial charge in [0, 0.05) is 11.1 Å². The first-order valence-electron chi connectivity index (χ1n) is 5.95. The molecule has 0 amide bonds. The van der Waals surface area contributed by atoms with Crippen molar-refractivity contribution in [2.24, 2.45) is 5.92 Å². The van der Waals surface area contributed by atoms with Gasteiger partial charge in [-0.2, -0.15) is 0 Å². The van der Waals surface area contributed by atoms with E-state index in [1.165, 1.54) is 18.3 Å².